The molecule has 0 saturated heterocycles. The van der Waals surface area contributed by atoms with Gasteiger partial charge in [0, 0.05) is 27.8 Å². The van der Waals surface area contributed by atoms with Crippen molar-refractivity contribution in [3.63, 3.8) is 0 Å². The predicted octanol–water partition coefficient (Wildman–Crippen LogP) is 5.52. The summed E-state index contributed by atoms with van der Waals surface area (Å²) in [5, 5.41) is 28.0. The van der Waals surface area contributed by atoms with E-state index in [4.69, 9.17) is 10.2 Å². The Morgan fingerprint density at radius 2 is 1.32 bits per heavy atom. The number of nitrogens with zero attached hydrogens (tertiary/aromatic N) is 3. The first-order valence-corrected chi connectivity index (χ1v) is 13.3. The molecular weight excluding hydrogens is 526 g/mol. The van der Waals surface area contributed by atoms with E-state index in [1.54, 1.807) is 16.8 Å². The van der Waals surface area contributed by atoms with Crippen LogP contribution in [0.4, 0.5) is 0 Å². The highest BCUT2D eigenvalue weighted by molar-refractivity contribution is 7.21. The molecule has 2 N–H and O–H groups in total. The minimum atomic E-state index is -0.993. The Balaban J connectivity index is 1.30. The van der Waals surface area contributed by atoms with Gasteiger partial charge in [-0.15, -0.1) is 27.8 Å². The third-order valence-corrected chi connectivity index (χ3v) is 8.24. The normalized spacial score (nSPS) is 11.3. The summed E-state index contributed by atoms with van der Waals surface area (Å²) in [4.78, 5) is 47.2. The molecule has 0 radical (unpaired) electrons. The van der Waals surface area contributed by atoms with Crippen LogP contribution in [-0.2, 0) is 16.1 Å². The smallest absolute Gasteiger partial charge is 0.303 e. The Kier molecular flexibility index (Phi) is 7.12. The zero-order valence-electron chi connectivity index (χ0n) is 19.9. The third kappa shape index (κ3) is 5.68. The maximum Gasteiger partial charge on any atom is 0.303 e. The molecule has 0 aliphatic carbocycles. The predicted molar refractivity (Wildman–Crippen MR) is 144 cm³/mol. The first kappa shape index (κ1) is 25.4. The molecule has 0 spiro atoms. The van der Waals surface area contributed by atoms with Gasteiger partial charge in [-0.25, -0.2) is 4.68 Å². The lowest BCUT2D eigenvalue weighted by Crippen LogP contribution is -2.01. The fourth-order valence-corrected chi connectivity index (χ4v) is 6.18. The van der Waals surface area contributed by atoms with Gasteiger partial charge >= 0.3 is 11.9 Å². The molecule has 0 aliphatic heterocycles. The zero-order valence-corrected chi connectivity index (χ0v) is 21.6. The molecule has 9 nitrogen and oxygen atoms in total. The maximum atomic E-state index is 12.3. The number of aliphatic carboxylic acids is 2. The van der Waals surface area contributed by atoms with E-state index >= 15 is 0 Å². The maximum absolute atomic E-state index is 12.3. The Hall–Kier alpha value is -4.22. The molecule has 5 aromatic rings. The van der Waals surface area contributed by atoms with Crippen LogP contribution in [0.25, 0.3) is 31.4 Å². The number of carboxylic acid groups (broad SMARTS) is 2. The number of carboxylic acids is 2. The minimum Gasteiger partial charge on any atom is -0.481 e. The highest BCUT2D eigenvalue weighted by atomic mass is 32.1. The fourth-order valence-electron chi connectivity index (χ4n) is 4.02. The summed E-state index contributed by atoms with van der Waals surface area (Å²) in [5.74, 6) is -2.33. The van der Waals surface area contributed by atoms with Gasteiger partial charge in [0.15, 0.2) is 11.6 Å². The molecule has 0 saturated carbocycles. The van der Waals surface area contributed by atoms with Gasteiger partial charge in [0.05, 0.1) is 35.3 Å². The van der Waals surface area contributed by atoms with Crippen molar-refractivity contribution in [3.8, 4) is 11.3 Å². The van der Waals surface area contributed by atoms with Gasteiger partial charge in [-0.05, 0) is 40.6 Å². The van der Waals surface area contributed by atoms with Crippen molar-refractivity contribution >= 4 is 66.4 Å². The average molecular weight is 548 g/mol. The van der Waals surface area contributed by atoms with Crippen LogP contribution in [0.1, 0.15) is 50.6 Å². The van der Waals surface area contributed by atoms with Crippen molar-refractivity contribution in [1.82, 2.24) is 15.0 Å². The van der Waals surface area contributed by atoms with Crippen molar-refractivity contribution in [1.29, 1.82) is 0 Å². The summed E-state index contributed by atoms with van der Waals surface area (Å²) < 4.78 is 3.58. The van der Waals surface area contributed by atoms with Crippen LogP contribution in [-0.4, -0.2) is 48.7 Å². The Labute approximate surface area is 224 Å². The fraction of sp³-hybridized carbons (Fsp3) is 0.185. The monoisotopic (exact) mass is 547 g/mol. The van der Waals surface area contributed by atoms with Gasteiger partial charge in [-0.3, -0.25) is 19.2 Å². The van der Waals surface area contributed by atoms with Gasteiger partial charge in [0.2, 0.25) is 0 Å². The van der Waals surface area contributed by atoms with E-state index in [-0.39, 0.29) is 37.2 Å². The van der Waals surface area contributed by atoms with Crippen LogP contribution in [0.3, 0.4) is 0 Å². The molecule has 0 unspecified atom stereocenters. The quantitative estimate of drug-likeness (QED) is 0.206. The average Bonchev–Trinajstić information content (AvgIpc) is 3.63. The van der Waals surface area contributed by atoms with Gasteiger partial charge in [-0.1, -0.05) is 29.5 Å². The number of hydrogen-bond acceptors (Lipinski definition) is 8. The standard InChI is InChI=1S/C27H21N3O6S2/c31-20(5-7-26(33)34)24-11-17-2-1-15(9-22(17)37-24)13-30-14-19(28-29-30)16-3-4-18-12-25(38-23(18)10-16)21(32)6-8-27(35)36/h1-4,9-12,14H,5-8,13H2,(H,33,34)(H,35,36). The van der Waals surface area contributed by atoms with E-state index in [0.717, 1.165) is 31.3 Å². The topological polar surface area (TPSA) is 139 Å². The van der Waals surface area contributed by atoms with E-state index < -0.39 is 11.9 Å². The summed E-state index contributed by atoms with van der Waals surface area (Å²) in [6.45, 7) is 0.479. The van der Waals surface area contributed by atoms with E-state index in [2.05, 4.69) is 10.3 Å². The Morgan fingerprint density at radius 1 is 0.737 bits per heavy atom. The number of fused-ring (bicyclic) bond motifs is 2. The van der Waals surface area contributed by atoms with Crippen molar-refractivity contribution < 1.29 is 29.4 Å². The number of ketones is 2. The first-order chi connectivity index (χ1) is 18.2. The molecule has 192 valence electrons. The first-order valence-electron chi connectivity index (χ1n) is 11.7. The molecule has 38 heavy (non-hydrogen) atoms. The summed E-state index contributed by atoms with van der Waals surface area (Å²) in [6, 6.07) is 15.3. The lowest BCUT2D eigenvalue weighted by Gasteiger charge is -2.01. The third-order valence-electron chi connectivity index (χ3n) is 5.97. The van der Waals surface area contributed by atoms with Gasteiger partial charge in [0.1, 0.15) is 5.69 Å². The molecule has 0 fully saturated rings. The van der Waals surface area contributed by atoms with Crippen molar-refractivity contribution in [2.75, 3.05) is 0 Å². The van der Waals surface area contributed by atoms with Crippen molar-refractivity contribution in [3.05, 3.63) is 70.0 Å². The van der Waals surface area contributed by atoms with Gasteiger partial charge in [0.25, 0.3) is 0 Å². The summed E-state index contributed by atoms with van der Waals surface area (Å²) in [6.07, 6.45) is 1.43. The highest BCUT2D eigenvalue weighted by Gasteiger charge is 2.15. The number of Topliss-reactive ketones (excluding diaryl/α,β-unsaturated/α-hetero) is 2. The lowest BCUT2D eigenvalue weighted by atomic mass is 10.1. The van der Waals surface area contributed by atoms with E-state index in [1.165, 1.54) is 22.7 Å². The second-order valence-electron chi connectivity index (χ2n) is 8.78. The zero-order chi connectivity index (χ0) is 26.8. The molecule has 3 aromatic heterocycles. The summed E-state index contributed by atoms with van der Waals surface area (Å²) in [5.41, 5.74) is 2.52. The second-order valence-corrected chi connectivity index (χ2v) is 10.9. The van der Waals surface area contributed by atoms with Crippen LogP contribution in [0.5, 0.6) is 0 Å². The number of rotatable bonds is 11. The highest BCUT2D eigenvalue weighted by Crippen LogP contribution is 2.31. The number of hydrogen-bond donors (Lipinski definition) is 2. The van der Waals surface area contributed by atoms with Crippen molar-refractivity contribution in [2.24, 2.45) is 0 Å². The lowest BCUT2D eigenvalue weighted by molar-refractivity contribution is -0.137. The Morgan fingerprint density at radius 3 is 1.92 bits per heavy atom. The Bertz CT molecular complexity index is 1710. The van der Waals surface area contributed by atoms with Gasteiger partial charge < -0.3 is 10.2 Å². The molecule has 2 aromatic carbocycles. The van der Waals surface area contributed by atoms with Crippen LogP contribution in [0.2, 0.25) is 0 Å². The number of carbonyl (C=O) groups is 4. The van der Waals surface area contributed by atoms with Crippen LogP contribution < -0.4 is 0 Å². The van der Waals surface area contributed by atoms with E-state index in [0.29, 0.717) is 22.0 Å². The second kappa shape index (κ2) is 10.6. The summed E-state index contributed by atoms with van der Waals surface area (Å²) >= 11 is 2.69. The number of carbonyl (C=O) groups excluding carboxylic acids is 2. The molecule has 0 atom stereocenters. The van der Waals surface area contributed by atoms with Crippen LogP contribution in [0.15, 0.2) is 54.7 Å². The number of aromatic nitrogens is 3. The molecule has 11 heteroatoms. The molecule has 0 amide bonds. The summed E-state index contributed by atoms with van der Waals surface area (Å²) in [7, 11) is 0. The van der Waals surface area contributed by atoms with Crippen molar-refractivity contribution in [2.45, 2.75) is 32.2 Å². The number of benzene rings is 2. The minimum absolute atomic E-state index is 0.0175. The van der Waals surface area contributed by atoms with Crippen LogP contribution in [0, 0.1) is 0 Å². The molecule has 3 heterocycles. The largest absolute Gasteiger partial charge is 0.481 e. The van der Waals surface area contributed by atoms with E-state index in [1.807, 2.05) is 42.6 Å². The molecule has 0 bridgehead atoms. The van der Waals surface area contributed by atoms with Gasteiger partial charge in [-0.2, -0.15) is 0 Å². The SMILES string of the molecule is O=C(O)CCC(=O)c1cc2ccc(Cn3cc(-c4ccc5cc(C(=O)CCC(=O)O)sc5c4)nn3)cc2s1. The van der Waals surface area contributed by atoms with E-state index in [9.17, 15) is 19.2 Å². The molecule has 5 rings (SSSR count). The van der Waals surface area contributed by atoms with Crippen LogP contribution >= 0.6 is 22.7 Å². The molecular formula is C27H21N3O6S2. The molecule has 0 aliphatic rings. The number of thiophene rings is 2.